The maximum Gasteiger partial charge on any atom is 0.378 e. The van der Waals surface area contributed by atoms with E-state index in [1.54, 1.807) is 50.2 Å². The Morgan fingerprint density at radius 3 is 2.58 bits per heavy atom. The van der Waals surface area contributed by atoms with Crippen molar-refractivity contribution in [2.24, 2.45) is 0 Å². The molecule has 2 aromatic heterocycles. The maximum atomic E-state index is 12.0. The molecule has 0 spiro atoms. The van der Waals surface area contributed by atoms with Crippen molar-refractivity contribution < 1.29 is 19.1 Å². The average molecular weight is 353 g/mol. The number of nitrogens with zero attached hydrogens (tertiary/aromatic N) is 4. The molecular weight excluding hydrogens is 338 g/mol. The fourth-order valence-corrected chi connectivity index (χ4v) is 2.27. The molecule has 0 saturated heterocycles. The summed E-state index contributed by atoms with van der Waals surface area (Å²) in [6, 6.07) is 10.0. The summed E-state index contributed by atoms with van der Waals surface area (Å²) >= 11 is 0. The number of esters is 1. The predicted octanol–water partition coefficient (Wildman–Crippen LogP) is 0.855. The molecule has 0 saturated carbocycles. The van der Waals surface area contributed by atoms with E-state index >= 15 is 0 Å². The van der Waals surface area contributed by atoms with Crippen LogP contribution >= 0.6 is 0 Å². The van der Waals surface area contributed by atoms with Gasteiger partial charge in [-0.1, -0.05) is 18.2 Å². The Morgan fingerprint density at radius 1 is 1.12 bits per heavy atom. The van der Waals surface area contributed by atoms with Crippen molar-refractivity contribution in [3.63, 3.8) is 0 Å². The van der Waals surface area contributed by atoms with Crippen LogP contribution in [-0.2, 0) is 9.53 Å². The molecular formula is C17H15N5O4. The van der Waals surface area contributed by atoms with E-state index in [0.717, 1.165) is 11.4 Å². The second kappa shape index (κ2) is 7.09. The monoisotopic (exact) mass is 353 g/mol. The lowest BCUT2D eigenvalue weighted by atomic mass is 10.2. The van der Waals surface area contributed by atoms with Gasteiger partial charge in [-0.2, -0.15) is 4.98 Å². The van der Waals surface area contributed by atoms with Gasteiger partial charge in [0.05, 0.1) is 0 Å². The zero-order valence-electron chi connectivity index (χ0n) is 14.1. The van der Waals surface area contributed by atoms with Crippen LogP contribution in [-0.4, -0.2) is 44.0 Å². The highest BCUT2D eigenvalue weighted by Crippen LogP contribution is 2.06. The van der Waals surface area contributed by atoms with Crippen LogP contribution in [0.2, 0.25) is 0 Å². The molecule has 1 N–H and O–H groups in total. The van der Waals surface area contributed by atoms with Gasteiger partial charge in [-0.05, 0) is 32.0 Å². The fraction of sp³-hybridized carbons (Fsp3) is 0.176. The van der Waals surface area contributed by atoms with Crippen LogP contribution in [0.4, 0.5) is 0 Å². The van der Waals surface area contributed by atoms with Gasteiger partial charge in [0.15, 0.2) is 6.61 Å². The summed E-state index contributed by atoms with van der Waals surface area (Å²) in [5, 5.41) is 6.14. The lowest BCUT2D eigenvalue weighted by molar-refractivity contribution is -0.123. The SMILES string of the molecule is Cc1cc(C)n2nc(C(=O)OCC(=O)NC(=O)c3ccccc3)nc2n1. The molecule has 0 aliphatic rings. The number of amides is 2. The van der Waals surface area contributed by atoms with E-state index in [-0.39, 0.29) is 11.6 Å². The number of carbonyl (C=O) groups excluding carboxylic acids is 3. The minimum absolute atomic E-state index is 0.214. The Morgan fingerprint density at radius 2 is 1.85 bits per heavy atom. The van der Waals surface area contributed by atoms with Crippen LogP contribution in [0.1, 0.15) is 32.4 Å². The molecule has 9 heteroatoms. The number of aryl methyl sites for hydroxylation is 2. The highest BCUT2D eigenvalue weighted by Gasteiger charge is 2.18. The number of hydrogen-bond acceptors (Lipinski definition) is 7. The first-order valence-corrected chi connectivity index (χ1v) is 7.71. The fourth-order valence-electron chi connectivity index (χ4n) is 2.27. The predicted molar refractivity (Wildman–Crippen MR) is 89.5 cm³/mol. The lowest BCUT2D eigenvalue weighted by Gasteiger charge is -2.04. The quantitative estimate of drug-likeness (QED) is 0.691. The first-order valence-electron chi connectivity index (χ1n) is 7.71. The highest BCUT2D eigenvalue weighted by molar-refractivity contribution is 6.05. The summed E-state index contributed by atoms with van der Waals surface area (Å²) in [6.07, 6.45) is 0. The number of rotatable bonds is 4. The molecule has 0 fully saturated rings. The molecule has 0 atom stereocenters. The largest absolute Gasteiger partial charge is 0.450 e. The van der Waals surface area contributed by atoms with Gasteiger partial charge in [0.25, 0.3) is 23.4 Å². The molecule has 9 nitrogen and oxygen atoms in total. The summed E-state index contributed by atoms with van der Waals surface area (Å²) in [4.78, 5) is 43.8. The van der Waals surface area contributed by atoms with E-state index in [0.29, 0.717) is 5.56 Å². The van der Waals surface area contributed by atoms with Crippen LogP contribution in [0, 0.1) is 13.8 Å². The van der Waals surface area contributed by atoms with Gasteiger partial charge in [0, 0.05) is 17.0 Å². The van der Waals surface area contributed by atoms with E-state index in [1.165, 1.54) is 4.52 Å². The number of ether oxygens (including phenoxy) is 1. The van der Waals surface area contributed by atoms with Gasteiger partial charge in [0.2, 0.25) is 0 Å². The summed E-state index contributed by atoms with van der Waals surface area (Å²) in [5.41, 5.74) is 1.82. The Hall–Kier alpha value is -3.62. The number of hydrogen-bond donors (Lipinski definition) is 1. The number of nitrogens with one attached hydrogen (secondary N) is 1. The number of benzene rings is 1. The summed E-state index contributed by atoms with van der Waals surface area (Å²) < 4.78 is 6.26. The molecule has 26 heavy (non-hydrogen) atoms. The number of fused-ring (bicyclic) bond motifs is 1. The smallest absolute Gasteiger partial charge is 0.378 e. The second-order valence-corrected chi connectivity index (χ2v) is 5.51. The van der Waals surface area contributed by atoms with E-state index in [9.17, 15) is 14.4 Å². The highest BCUT2D eigenvalue weighted by atomic mass is 16.5. The van der Waals surface area contributed by atoms with Gasteiger partial charge >= 0.3 is 5.97 Å². The van der Waals surface area contributed by atoms with Crippen molar-refractivity contribution in [2.45, 2.75) is 13.8 Å². The topological polar surface area (TPSA) is 116 Å². The number of carbonyl (C=O) groups is 3. The molecule has 1 aromatic carbocycles. The van der Waals surface area contributed by atoms with Crippen LogP contribution in [0.3, 0.4) is 0 Å². The molecule has 0 aliphatic carbocycles. The van der Waals surface area contributed by atoms with Crippen molar-refractivity contribution in [3.05, 3.63) is 59.2 Å². The third-order valence-electron chi connectivity index (χ3n) is 3.42. The van der Waals surface area contributed by atoms with Crippen LogP contribution < -0.4 is 5.32 Å². The Kier molecular flexibility index (Phi) is 4.70. The molecule has 0 unspecified atom stereocenters. The van der Waals surface area contributed by atoms with Gasteiger partial charge < -0.3 is 4.74 Å². The lowest BCUT2D eigenvalue weighted by Crippen LogP contribution is -2.34. The molecule has 2 amide bonds. The molecule has 0 bridgehead atoms. The summed E-state index contributed by atoms with van der Waals surface area (Å²) in [5.74, 6) is -2.16. The second-order valence-electron chi connectivity index (χ2n) is 5.51. The maximum absolute atomic E-state index is 12.0. The standard InChI is InChI=1S/C17H15N5O4/c1-10-8-11(2)22-17(18-10)20-14(21-22)16(25)26-9-13(23)19-15(24)12-6-4-3-5-7-12/h3-8H,9H2,1-2H3,(H,19,23,24). The zero-order valence-corrected chi connectivity index (χ0v) is 14.1. The summed E-state index contributed by atoms with van der Waals surface area (Å²) in [7, 11) is 0. The zero-order chi connectivity index (χ0) is 18.7. The van der Waals surface area contributed by atoms with E-state index in [1.807, 2.05) is 0 Å². The minimum atomic E-state index is -0.880. The molecule has 3 aromatic rings. The molecule has 3 rings (SSSR count). The summed E-state index contributed by atoms with van der Waals surface area (Å²) in [6.45, 7) is 2.97. The van der Waals surface area contributed by atoms with Crippen molar-refractivity contribution in [2.75, 3.05) is 6.61 Å². The van der Waals surface area contributed by atoms with E-state index in [4.69, 9.17) is 4.74 Å². The van der Waals surface area contributed by atoms with Gasteiger partial charge in [-0.25, -0.2) is 14.3 Å². The van der Waals surface area contributed by atoms with E-state index in [2.05, 4.69) is 20.4 Å². The normalized spacial score (nSPS) is 10.5. The van der Waals surface area contributed by atoms with E-state index < -0.39 is 24.4 Å². The van der Waals surface area contributed by atoms with Crippen LogP contribution in [0.5, 0.6) is 0 Å². The van der Waals surface area contributed by atoms with Crippen molar-refractivity contribution in [1.29, 1.82) is 0 Å². The number of aromatic nitrogens is 4. The number of imide groups is 1. The van der Waals surface area contributed by atoms with Crippen molar-refractivity contribution in [1.82, 2.24) is 24.9 Å². The van der Waals surface area contributed by atoms with Crippen molar-refractivity contribution in [3.8, 4) is 0 Å². The minimum Gasteiger partial charge on any atom is -0.450 e. The third kappa shape index (κ3) is 3.72. The van der Waals surface area contributed by atoms with Gasteiger partial charge in [-0.15, -0.1) is 5.10 Å². The first kappa shape index (κ1) is 17.2. The molecule has 2 heterocycles. The van der Waals surface area contributed by atoms with Crippen molar-refractivity contribution >= 4 is 23.6 Å². The Labute approximate surface area is 148 Å². The van der Waals surface area contributed by atoms with Crippen LogP contribution in [0.25, 0.3) is 5.78 Å². The average Bonchev–Trinajstić information content (AvgIpc) is 3.05. The first-order chi connectivity index (χ1) is 12.4. The third-order valence-corrected chi connectivity index (χ3v) is 3.42. The van der Waals surface area contributed by atoms with Gasteiger partial charge in [0.1, 0.15) is 0 Å². The van der Waals surface area contributed by atoms with Gasteiger partial charge in [-0.3, -0.25) is 14.9 Å². The molecule has 132 valence electrons. The Bertz CT molecular complexity index is 997. The van der Waals surface area contributed by atoms with Crippen LogP contribution in [0.15, 0.2) is 36.4 Å². The molecule has 0 aliphatic heterocycles. The molecule has 0 radical (unpaired) electrons. The Balaban J connectivity index is 1.61.